The molecular weight excluding hydrogens is 196 g/mol. The van der Waals surface area contributed by atoms with Crippen molar-refractivity contribution in [3.05, 3.63) is 17.7 Å². The van der Waals surface area contributed by atoms with Crippen LogP contribution in [0, 0.1) is 6.92 Å². The Bertz CT molecular complexity index is 348. The third-order valence-corrected chi connectivity index (χ3v) is 2.04. The van der Waals surface area contributed by atoms with Crippen LogP contribution in [0.5, 0.6) is 0 Å². The number of aromatic amines is 1. The average Bonchev–Trinajstić information content (AvgIpc) is 2.63. The van der Waals surface area contributed by atoms with Crippen LogP contribution < -0.4 is 11.1 Å². The Kier molecular flexibility index (Phi) is 3.99. The summed E-state index contributed by atoms with van der Waals surface area (Å²) in [5.74, 6) is -0.347. The highest BCUT2D eigenvalue weighted by Crippen LogP contribution is 2.03. The van der Waals surface area contributed by atoms with E-state index in [1.165, 1.54) is 0 Å². The van der Waals surface area contributed by atoms with E-state index in [4.69, 9.17) is 5.73 Å². The number of aldehydes is 1. The predicted octanol–water partition coefficient (Wildman–Crippen LogP) is -1.10. The fourth-order valence-corrected chi connectivity index (χ4v) is 1.20. The molecule has 0 unspecified atom stereocenters. The second kappa shape index (κ2) is 5.26. The highest BCUT2D eigenvalue weighted by molar-refractivity contribution is 5.81. The molecule has 6 heteroatoms. The molecule has 6 nitrogen and oxygen atoms in total. The molecule has 15 heavy (non-hydrogen) atoms. The zero-order valence-electron chi connectivity index (χ0n) is 8.49. The molecule has 1 heterocycles. The number of imidazole rings is 1. The van der Waals surface area contributed by atoms with Crippen LogP contribution in [0.1, 0.15) is 11.4 Å². The number of nitrogens with two attached hydrogens (primary N) is 1. The van der Waals surface area contributed by atoms with Crippen LogP contribution in [0.4, 0.5) is 0 Å². The number of carbonyl (C=O) groups is 2. The smallest absolute Gasteiger partial charge is 0.234 e. The molecule has 1 amide bonds. The molecule has 0 radical (unpaired) electrons. The maximum atomic E-state index is 11.0. The molecule has 0 saturated carbocycles. The second-order valence-corrected chi connectivity index (χ2v) is 3.19. The minimum absolute atomic E-state index is 0.121. The summed E-state index contributed by atoms with van der Waals surface area (Å²) in [6.07, 6.45) is 2.61. The first-order chi connectivity index (χ1) is 7.17. The van der Waals surface area contributed by atoms with E-state index < -0.39 is 6.04 Å². The number of aromatic nitrogens is 2. The standard InChI is InChI=1S/C9H14N4O2/c1-6-8(12-5-11-6)2-7(4-14)13-9(15)3-10/h4-5,7H,2-3,10H2,1H3,(H,11,12)(H,13,15)/t7-/m0/s1. The maximum Gasteiger partial charge on any atom is 0.234 e. The summed E-state index contributed by atoms with van der Waals surface area (Å²) in [5, 5.41) is 2.50. The van der Waals surface area contributed by atoms with Crippen molar-refractivity contribution < 1.29 is 9.59 Å². The summed E-state index contributed by atoms with van der Waals surface area (Å²) in [6.45, 7) is 1.73. The summed E-state index contributed by atoms with van der Waals surface area (Å²) in [7, 11) is 0. The van der Waals surface area contributed by atoms with E-state index in [1.54, 1.807) is 6.33 Å². The number of rotatable bonds is 5. The van der Waals surface area contributed by atoms with E-state index in [0.717, 1.165) is 11.4 Å². The molecule has 4 N–H and O–H groups in total. The third kappa shape index (κ3) is 3.17. The van der Waals surface area contributed by atoms with Crippen molar-refractivity contribution in [2.24, 2.45) is 5.73 Å². The monoisotopic (exact) mass is 210 g/mol. The van der Waals surface area contributed by atoms with Gasteiger partial charge in [-0.05, 0) is 6.92 Å². The van der Waals surface area contributed by atoms with Crippen molar-refractivity contribution in [3.8, 4) is 0 Å². The van der Waals surface area contributed by atoms with Gasteiger partial charge in [0.05, 0.1) is 24.6 Å². The van der Waals surface area contributed by atoms with Gasteiger partial charge >= 0.3 is 0 Å². The molecule has 0 spiro atoms. The quantitative estimate of drug-likeness (QED) is 0.537. The molecule has 0 aliphatic carbocycles. The first-order valence-electron chi connectivity index (χ1n) is 4.61. The van der Waals surface area contributed by atoms with Crippen LogP contribution >= 0.6 is 0 Å². The van der Waals surface area contributed by atoms with E-state index in [-0.39, 0.29) is 12.5 Å². The van der Waals surface area contributed by atoms with Gasteiger partial charge in [-0.3, -0.25) is 4.79 Å². The first kappa shape index (κ1) is 11.4. The summed E-state index contributed by atoms with van der Waals surface area (Å²) in [6, 6.07) is -0.567. The van der Waals surface area contributed by atoms with Gasteiger partial charge < -0.3 is 20.8 Å². The van der Waals surface area contributed by atoms with Crippen LogP contribution in [0.2, 0.25) is 0 Å². The lowest BCUT2D eigenvalue weighted by Gasteiger charge is -2.10. The van der Waals surface area contributed by atoms with Crippen molar-refractivity contribution in [2.45, 2.75) is 19.4 Å². The summed E-state index contributed by atoms with van der Waals surface area (Å²) < 4.78 is 0. The number of H-pyrrole nitrogens is 1. The summed E-state index contributed by atoms with van der Waals surface area (Å²) >= 11 is 0. The zero-order valence-corrected chi connectivity index (χ0v) is 8.49. The molecule has 0 saturated heterocycles. The van der Waals surface area contributed by atoms with Gasteiger partial charge in [-0.1, -0.05) is 0 Å². The van der Waals surface area contributed by atoms with Gasteiger partial charge in [-0.2, -0.15) is 0 Å². The van der Waals surface area contributed by atoms with E-state index in [9.17, 15) is 9.59 Å². The van der Waals surface area contributed by atoms with Crippen molar-refractivity contribution in [3.63, 3.8) is 0 Å². The normalized spacial score (nSPS) is 12.1. The molecular formula is C9H14N4O2. The van der Waals surface area contributed by atoms with Crippen LogP contribution in [-0.2, 0) is 16.0 Å². The molecule has 1 aromatic rings. The van der Waals surface area contributed by atoms with E-state index in [0.29, 0.717) is 12.7 Å². The Hall–Kier alpha value is -1.69. The van der Waals surface area contributed by atoms with Gasteiger partial charge in [-0.15, -0.1) is 0 Å². The Morgan fingerprint density at radius 2 is 2.53 bits per heavy atom. The summed E-state index contributed by atoms with van der Waals surface area (Å²) in [4.78, 5) is 28.6. The summed E-state index contributed by atoms with van der Waals surface area (Å²) in [5.41, 5.74) is 6.79. The van der Waals surface area contributed by atoms with Gasteiger partial charge in [0.2, 0.25) is 5.91 Å². The van der Waals surface area contributed by atoms with Crippen LogP contribution in [-0.4, -0.2) is 34.7 Å². The molecule has 1 aromatic heterocycles. The van der Waals surface area contributed by atoms with E-state index in [1.807, 2.05) is 6.92 Å². The van der Waals surface area contributed by atoms with Gasteiger partial charge in [0.25, 0.3) is 0 Å². The predicted molar refractivity (Wildman–Crippen MR) is 54.1 cm³/mol. The zero-order chi connectivity index (χ0) is 11.3. The number of nitrogens with one attached hydrogen (secondary N) is 2. The second-order valence-electron chi connectivity index (χ2n) is 3.19. The van der Waals surface area contributed by atoms with E-state index >= 15 is 0 Å². The molecule has 0 aliphatic rings. The lowest BCUT2D eigenvalue weighted by atomic mass is 10.1. The Labute approximate surface area is 87.3 Å². The van der Waals surface area contributed by atoms with Crippen molar-refractivity contribution in [1.29, 1.82) is 0 Å². The number of nitrogens with zero attached hydrogens (tertiary/aromatic N) is 1. The van der Waals surface area contributed by atoms with Gasteiger partial charge in [0.1, 0.15) is 6.29 Å². The Morgan fingerprint density at radius 3 is 3.00 bits per heavy atom. The van der Waals surface area contributed by atoms with Gasteiger partial charge in [0, 0.05) is 12.1 Å². The van der Waals surface area contributed by atoms with Crippen molar-refractivity contribution in [2.75, 3.05) is 6.54 Å². The molecule has 0 aliphatic heterocycles. The number of amides is 1. The fraction of sp³-hybridized carbons (Fsp3) is 0.444. The minimum atomic E-state index is -0.567. The van der Waals surface area contributed by atoms with Crippen LogP contribution in [0.3, 0.4) is 0 Å². The Balaban J connectivity index is 2.58. The Morgan fingerprint density at radius 1 is 1.80 bits per heavy atom. The van der Waals surface area contributed by atoms with Crippen LogP contribution in [0.25, 0.3) is 0 Å². The number of carbonyl (C=O) groups excluding carboxylic acids is 2. The molecule has 0 bridgehead atoms. The third-order valence-electron chi connectivity index (χ3n) is 2.04. The number of hydrogen-bond acceptors (Lipinski definition) is 4. The topological polar surface area (TPSA) is 101 Å². The molecule has 1 atom stereocenters. The number of hydrogen-bond donors (Lipinski definition) is 3. The number of aryl methyl sites for hydroxylation is 1. The largest absolute Gasteiger partial charge is 0.348 e. The van der Waals surface area contributed by atoms with Crippen LogP contribution in [0.15, 0.2) is 6.33 Å². The molecule has 0 fully saturated rings. The van der Waals surface area contributed by atoms with Gasteiger partial charge in [-0.25, -0.2) is 4.98 Å². The average molecular weight is 210 g/mol. The minimum Gasteiger partial charge on any atom is -0.348 e. The lowest BCUT2D eigenvalue weighted by molar-refractivity contribution is -0.122. The fourth-order valence-electron chi connectivity index (χ4n) is 1.20. The lowest BCUT2D eigenvalue weighted by Crippen LogP contribution is -2.41. The van der Waals surface area contributed by atoms with Gasteiger partial charge in [0.15, 0.2) is 0 Å². The van der Waals surface area contributed by atoms with Crippen molar-refractivity contribution >= 4 is 12.2 Å². The molecule has 0 aromatic carbocycles. The molecule has 82 valence electrons. The highest BCUT2D eigenvalue weighted by atomic mass is 16.2. The first-order valence-corrected chi connectivity index (χ1v) is 4.61. The van der Waals surface area contributed by atoms with E-state index in [2.05, 4.69) is 15.3 Å². The maximum absolute atomic E-state index is 11.0. The SMILES string of the molecule is Cc1[nH]cnc1C[C@@H](C=O)NC(=O)CN. The molecule has 1 rings (SSSR count). The highest BCUT2D eigenvalue weighted by Gasteiger charge is 2.13. The van der Waals surface area contributed by atoms with Crippen molar-refractivity contribution in [1.82, 2.24) is 15.3 Å².